The van der Waals surface area contributed by atoms with Crippen LogP contribution < -0.4 is 10.2 Å². The monoisotopic (exact) mass is 364 g/mol. The molecular formula is C22H18F2N2O. The highest BCUT2D eigenvalue weighted by Gasteiger charge is 2.18. The number of para-hydroxylation sites is 2. The van der Waals surface area contributed by atoms with Gasteiger partial charge in [0.15, 0.2) is 0 Å². The number of benzene rings is 3. The highest BCUT2D eigenvalue weighted by molar-refractivity contribution is 6.04. The van der Waals surface area contributed by atoms with E-state index < -0.39 is 23.2 Å². The van der Waals surface area contributed by atoms with Gasteiger partial charge in [-0.25, -0.2) is 8.78 Å². The Kier molecular flexibility index (Phi) is 4.59. The van der Waals surface area contributed by atoms with Gasteiger partial charge in [-0.1, -0.05) is 36.4 Å². The van der Waals surface area contributed by atoms with Crippen LogP contribution in [-0.4, -0.2) is 12.5 Å². The second-order valence-electron chi connectivity index (χ2n) is 6.55. The molecule has 0 bridgehead atoms. The first-order valence-corrected chi connectivity index (χ1v) is 8.79. The van der Waals surface area contributed by atoms with Crippen molar-refractivity contribution in [2.24, 2.45) is 0 Å². The van der Waals surface area contributed by atoms with Crippen LogP contribution in [0.3, 0.4) is 0 Å². The van der Waals surface area contributed by atoms with Crippen molar-refractivity contribution in [1.29, 1.82) is 0 Å². The lowest BCUT2D eigenvalue weighted by Crippen LogP contribution is -2.19. The second kappa shape index (κ2) is 7.19. The highest BCUT2D eigenvalue weighted by atomic mass is 19.1. The van der Waals surface area contributed by atoms with Gasteiger partial charge in [-0.15, -0.1) is 0 Å². The van der Waals surface area contributed by atoms with Crippen molar-refractivity contribution >= 4 is 17.3 Å². The fourth-order valence-corrected chi connectivity index (χ4v) is 3.36. The molecule has 1 aliphatic heterocycles. The molecule has 0 saturated carbocycles. The number of amides is 1. The SMILES string of the molecule is O=C(Nc1c(F)cccc1F)c1ccc(CN2CCc3ccccc32)cc1. The normalized spacial score (nSPS) is 12.7. The molecule has 0 unspecified atom stereocenters. The number of carbonyl (C=O) groups is 1. The Morgan fingerprint density at radius 3 is 2.37 bits per heavy atom. The van der Waals surface area contributed by atoms with Crippen molar-refractivity contribution in [2.45, 2.75) is 13.0 Å². The van der Waals surface area contributed by atoms with Crippen molar-refractivity contribution in [3.63, 3.8) is 0 Å². The molecule has 5 heteroatoms. The summed E-state index contributed by atoms with van der Waals surface area (Å²) >= 11 is 0. The zero-order chi connectivity index (χ0) is 18.8. The Balaban J connectivity index is 1.46. The molecule has 1 aliphatic rings. The molecule has 1 N–H and O–H groups in total. The van der Waals surface area contributed by atoms with Crippen molar-refractivity contribution in [3.05, 3.63) is 95.1 Å². The summed E-state index contributed by atoms with van der Waals surface area (Å²) < 4.78 is 27.4. The van der Waals surface area contributed by atoms with Gasteiger partial charge >= 0.3 is 0 Å². The van der Waals surface area contributed by atoms with Crippen LogP contribution in [0.2, 0.25) is 0 Å². The minimum atomic E-state index is -0.798. The van der Waals surface area contributed by atoms with Crippen LogP contribution in [0.4, 0.5) is 20.2 Å². The van der Waals surface area contributed by atoms with Gasteiger partial charge < -0.3 is 10.2 Å². The Morgan fingerprint density at radius 1 is 0.926 bits per heavy atom. The quantitative estimate of drug-likeness (QED) is 0.723. The Labute approximate surface area is 156 Å². The molecule has 136 valence electrons. The van der Waals surface area contributed by atoms with Crippen LogP contribution >= 0.6 is 0 Å². The molecular weight excluding hydrogens is 346 g/mol. The van der Waals surface area contributed by atoms with Crippen LogP contribution in [0.5, 0.6) is 0 Å². The number of nitrogens with zero attached hydrogens (tertiary/aromatic N) is 1. The molecule has 3 nitrogen and oxygen atoms in total. The summed E-state index contributed by atoms with van der Waals surface area (Å²) in [7, 11) is 0. The van der Waals surface area contributed by atoms with Crippen LogP contribution in [0.1, 0.15) is 21.5 Å². The summed E-state index contributed by atoms with van der Waals surface area (Å²) in [5, 5.41) is 2.30. The fourth-order valence-electron chi connectivity index (χ4n) is 3.36. The molecule has 0 aromatic heterocycles. The highest BCUT2D eigenvalue weighted by Crippen LogP contribution is 2.28. The van der Waals surface area contributed by atoms with E-state index in [0.717, 1.165) is 37.2 Å². The third-order valence-corrected chi connectivity index (χ3v) is 4.77. The number of carbonyl (C=O) groups excluding carboxylic acids is 1. The van der Waals surface area contributed by atoms with Gasteiger partial charge in [-0.3, -0.25) is 4.79 Å². The lowest BCUT2D eigenvalue weighted by atomic mass is 10.1. The fraction of sp³-hybridized carbons (Fsp3) is 0.136. The van der Waals surface area contributed by atoms with E-state index in [1.165, 1.54) is 17.3 Å². The standard InChI is InChI=1S/C22H18F2N2O/c23-18-5-3-6-19(24)21(18)25-22(27)17-10-8-15(9-11-17)14-26-13-12-16-4-1-2-7-20(16)26/h1-11H,12-14H2,(H,25,27). The van der Waals surface area contributed by atoms with Crippen LogP contribution in [0.15, 0.2) is 66.7 Å². The van der Waals surface area contributed by atoms with E-state index in [1.807, 2.05) is 24.3 Å². The number of halogens is 2. The number of hydrogen-bond donors (Lipinski definition) is 1. The maximum Gasteiger partial charge on any atom is 0.255 e. The average Bonchev–Trinajstić information content (AvgIpc) is 3.08. The maximum absolute atomic E-state index is 13.7. The molecule has 0 radical (unpaired) electrons. The molecule has 0 aliphatic carbocycles. The summed E-state index contributed by atoms with van der Waals surface area (Å²) in [6.45, 7) is 1.72. The summed E-state index contributed by atoms with van der Waals surface area (Å²) in [5.41, 5.74) is 3.58. The molecule has 0 atom stereocenters. The largest absolute Gasteiger partial charge is 0.367 e. The van der Waals surface area contributed by atoms with E-state index in [-0.39, 0.29) is 0 Å². The van der Waals surface area contributed by atoms with E-state index in [2.05, 4.69) is 22.3 Å². The van der Waals surface area contributed by atoms with E-state index >= 15 is 0 Å². The Bertz CT molecular complexity index is 966. The van der Waals surface area contributed by atoms with Gasteiger partial charge in [-0.05, 0) is 47.9 Å². The molecule has 1 amide bonds. The van der Waals surface area contributed by atoms with E-state index in [0.29, 0.717) is 5.56 Å². The molecule has 3 aromatic rings. The Morgan fingerprint density at radius 2 is 1.63 bits per heavy atom. The molecule has 27 heavy (non-hydrogen) atoms. The summed E-state index contributed by atoms with van der Waals surface area (Å²) in [4.78, 5) is 14.6. The minimum Gasteiger partial charge on any atom is -0.367 e. The molecule has 0 spiro atoms. The number of hydrogen-bond acceptors (Lipinski definition) is 2. The average molecular weight is 364 g/mol. The third-order valence-electron chi connectivity index (χ3n) is 4.77. The topological polar surface area (TPSA) is 32.3 Å². The van der Waals surface area contributed by atoms with Gasteiger partial charge in [0.2, 0.25) is 0 Å². The molecule has 0 saturated heterocycles. The molecule has 1 heterocycles. The first-order valence-electron chi connectivity index (χ1n) is 8.79. The van der Waals surface area contributed by atoms with Gasteiger partial charge in [0, 0.05) is 24.3 Å². The predicted molar refractivity (Wildman–Crippen MR) is 102 cm³/mol. The van der Waals surface area contributed by atoms with E-state index in [4.69, 9.17) is 0 Å². The molecule has 4 rings (SSSR count). The van der Waals surface area contributed by atoms with Gasteiger partial charge in [0.1, 0.15) is 17.3 Å². The molecule has 3 aromatic carbocycles. The van der Waals surface area contributed by atoms with Crippen molar-refractivity contribution in [3.8, 4) is 0 Å². The zero-order valence-electron chi connectivity index (χ0n) is 14.6. The van der Waals surface area contributed by atoms with Gasteiger partial charge in [0.25, 0.3) is 5.91 Å². The van der Waals surface area contributed by atoms with Gasteiger partial charge in [0.05, 0.1) is 0 Å². The number of rotatable bonds is 4. The van der Waals surface area contributed by atoms with Crippen LogP contribution in [-0.2, 0) is 13.0 Å². The van der Waals surface area contributed by atoms with Crippen LogP contribution in [0.25, 0.3) is 0 Å². The zero-order valence-corrected chi connectivity index (χ0v) is 14.6. The first kappa shape index (κ1) is 17.2. The maximum atomic E-state index is 13.7. The van der Waals surface area contributed by atoms with Gasteiger partial charge in [-0.2, -0.15) is 0 Å². The Hall–Kier alpha value is -3.21. The number of nitrogens with one attached hydrogen (secondary N) is 1. The van der Waals surface area contributed by atoms with Crippen LogP contribution in [0, 0.1) is 11.6 Å². The lowest BCUT2D eigenvalue weighted by molar-refractivity contribution is 0.102. The second-order valence-corrected chi connectivity index (χ2v) is 6.55. The summed E-state index contributed by atoms with van der Waals surface area (Å²) in [6, 6.07) is 18.9. The van der Waals surface area contributed by atoms with Crippen molar-refractivity contribution in [1.82, 2.24) is 0 Å². The van der Waals surface area contributed by atoms with Crippen molar-refractivity contribution in [2.75, 3.05) is 16.8 Å². The summed E-state index contributed by atoms with van der Waals surface area (Å²) in [6.07, 6.45) is 1.03. The first-order chi connectivity index (χ1) is 13.1. The van der Waals surface area contributed by atoms with E-state index in [9.17, 15) is 13.6 Å². The number of anilines is 2. The lowest BCUT2D eigenvalue weighted by Gasteiger charge is -2.19. The third kappa shape index (κ3) is 3.53. The van der Waals surface area contributed by atoms with Crippen molar-refractivity contribution < 1.29 is 13.6 Å². The predicted octanol–water partition coefficient (Wildman–Crippen LogP) is 4.78. The summed E-state index contributed by atoms with van der Waals surface area (Å²) in [5.74, 6) is -2.14. The smallest absolute Gasteiger partial charge is 0.255 e. The number of fused-ring (bicyclic) bond motifs is 1. The molecule has 0 fully saturated rings. The minimum absolute atomic E-state index is 0.350. The van der Waals surface area contributed by atoms with E-state index in [1.54, 1.807) is 12.1 Å².